The molecule has 0 spiro atoms. The lowest BCUT2D eigenvalue weighted by atomic mass is 9.83. The fraction of sp³-hybridized carbons (Fsp3) is 0.579. The molecule has 6 nitrogen and oxygen atoms in total. The smallest absolute Gasteiger partial charge is 0.410 e. The summed E-state index contributed by atoms with van der Waals surface area (Å²) in [7, 11) is 0. The van der Waals surface area contributed by atoms with Crippen LogP contribution in [0, 0.1) is 6.92 Å². The van der Waals surface area contributed by atoms with Gasteiger partial charge in [0.25, 0.3) is 0 Å². The molecule has 1 saturated heterocycles. The zero-order valence-electron chi connectivity index (χ0n) is 15.2. The van der Waals surface area contributed by atoms with Crippen molar-refractivity contribution in [1.29, 1.82) is 0 Å². The number of fused-ring (bicyclic) bond motifs is 1. The number of carbonyl (C=O) groups is 2. The van der Waals surface area contributed by atoms with E-state index in [1.54, 1.807) is 11.0 Å². The highest BCUT2D eigenvalue weighted by Gasteiger charge is 2.35. The molecule has 2 aliphatic heterocycles. The van der Waals surface area contributed by atoms with Crippen molar-refractivity contribution < 1.29 is 24.2 Å². The van der Waals surface area contributed by atoms with Crippen molar-refractivity contribution in [3.05, 3.63) is 34.4 Å². The molecule has 1 N–H and O–H groups in total. The maximum Gasteiger partial charge on any atom is 0.410 e. The number of benzene rings is 1. The van der Waals surface area contributed by atoms with Gasteiger partial charge in [-0.05, 0) is 51.3 Å². The predicted molar refractivity (Wildman–Crippen MR) is 91.5 cm³/mol. The molecule has 2 heterocycles. The van der Waals surface area contributed by atoms with Crippen molar-refractivity contribution in [1.82, 2.24) is 4.90 Å². The number of rotatable bonds is 1. The quantitative estimate of drug-likeness (QED) is 0.791. The highest BCUT2D eigenvalue weighted by Crippen LogP contribution is 2.34. The third-order valence-electron chi connectivity index (χ3n) is 4.84. The van der Waals surface area contributed by atoms with E-state index >= 15 is 0 Å². The molecule has 0 aliphatic carbocycles. The van der Waals surface area contributed by atoms with Gasteiger partial charge in [0.05, 0.1) is 11.7 Å². The molecule has 1 aromatic rings. The van der Waals surface area contributed by atoms with Crippen LogP contribution in [-0.4, -0.2) is 46.9 Å². The number of nitrogens with zero attached hydrogens (tertiary/aromatic N) is 1. The summed E-state index contributed by atoms with van der Waals surface area (Å²) in [5.41, 5.74) is 2.83. The van der Waals surface area contributed by atoms with Crippen LogP contribution in [0.4, 0.5) is 4.79 Å². The molecule has 6 heteroatoms. The van der Waals surface area contributed by atoms with Gasteiger partial charge in [-0.3, -0.25) is 0 Å². The van der Waals surface area contributed by atoms with Gasteiger partial charge < -0.3 is 19.5 Å². The van der Waals surface area contributed by atoms with Gasteiger partial charge in [0.1, 0.15) is 12.2 Å². The minimum Gasteiger partial charge on any atom is -0.457 e. The van der Waals surface area contributed by atoms with Crippen molar-refractivity contribution in [3.63, 3.8) is 0 Å². The second kappa shape index (κ2) is 6.33. The Kier molecular flexibility index (Phi) is 4.49. The van der Waals surface area contributed by atoms with Crippen LogP contribution in [0.5, 0.6) is 0 Å². The zero-order valence-corrected chi connectivity index (χ0v) is 15.2. The van der Waals surface area contributed by atoms with Crippen LogP contribution in [-0.2, 0) is 16.1 Å². The van der Waals surface area contributed by atoms with Crippen LogP contribution in [0.2, 0.25) is 0 Å². The lowest BCUT2D eigenvalue weighted by Crippen LogP contribution is -2.46. The topological polar surface area (TPSA) is 76.1 Å². The fourth-order valence-corrected chi connectivity index (χ4v) is 3.51. The number of amides is 1. The van der Waals surface area contributed by atoms with Crippen LogP contribution in [0.1, 0.15) is 60.2 Å². The summed E-state index contributed by atoms with van der Waals surface area (Å²) in [6, 6.07) is 3.62. The van der Waals surface area contributed by atoms with Crippen LogP contribution in [0.15, 0.2) is 12.1 Å². The van der Waals surface area contributed by atoms with Gasteiger partial charge in [0.2, 0.25) is 0 Å². The summed E-state index contributed by atoms with van der Waals surface area (Å²) in [5.74, 6) is -0.508. The molecule has 136 valence electrons. The number of cyclic esters (lactones) is 1. The number of likely N-dealkylation sites (tertiary alicyclic amines) is 1. The van der Waals surface area contributed by atoms with Crippen LogP contribution in [0.3, 0.4) is 0 Å². The molecule has 1 amide bonds. The monoisotopic (exact) mass is 347 g/mol. The molecule has 0 bridgehead atoms. The first-order valence-corrected chi connectivity index (χ1v) is 8.63. The number of carbonyl (C=O) groups excluding carboxylic acids is 2. The predicted octanol–water partition coefficient (Wildman–Crippen LogP) is 2.75. The summed E-state index contributed by atoms with van der Waals surface area (Å²) in [5, 5.41) is 10.5. The Morgan fingerprint density at radius 1 is 1.36 bits per heavy atom. The Morgan fingerprint density at radius 2 is 2.08 bits per heavy atom. The first-order chi connectivity index (χ1) is 11.7. The maximum absolute atomic E-state index is 12.4. The van der Waals surface area contributed by atoms with Gasteiger partial charge in [0.15, 0.2) is 0 Å². The Balaban J connectivity index is 1.84. The second-order valence-electron chi connectivity index (χ2n) is 7.77. The number of ether oxygens (including phenoxy) is 2. The average molecular weight is 347 g/mol. The first-order valence-electron chi connectivity index (χ1n) is 8.63. The minimum absolute atomic E-state index is 0.206. The highest BCUT2D eigenvalue weighted by atomic mass is 16.6. The van der Waals surface area contributed by atoms with Crippen molar-refractivity contribution >= 4 is 12.1 Å². The normalized spacial score (nSPS) is 23.2. The molecule has 1 fully saturated rings. The molecule has 0 aromatic heterocycles. The minimum atomic E-state index is -0.552. The van der Waals surface area contributed by atoms with Crippen LogP contribution >= 0.6 is 0 Å². The summed E-state index contributed by atoms with van der Waals surface area (Å²) < 4.78 is 10.6. The lowest BCUT2D eigenvalue weighted by Gasteiger charge is -2.37. The maximum atomic E-state index is 12.4. The van der Waals surface area contributed by atoms with E-state index in [0.29, 0.717) is 25.1 Å². The van der Waals surface area contributed by atoms with E-state index in [1.807, 2.05) is 33.8 Å². The number of hydrogen-bond acceptors (Lipinski definition) is 5. The second-order valence-corrected chi connectivity index (χ2v) is 7.77. The van der Waals surface area contributed by atoms with Gasteiger partial charge >= 0.3 is 12.1 Å². The van der Waals surface area contributed by atoms with E-state index in [0.717, 1.165) is 16.7 Å². The molecule has 3 rings (SSSR count). The number of aliphatic hydroxyl groups excluding tert-OH is 1. The van der Waals surface area contributed by atoms with Crippen LogP contribution in [0.25, 0.3) is 0 Å². The standard InChI is InChI=1S/C19H25NO5/c1-11-12(5-6-13-15(11)10-24-17(13)22)14-9-20(8-7-16(14)21)18(23)25-19(2,3)4/h5-6,14,16,21H,7-10H2,1-4H3. The number of piperidine rings is 1. The molecule has 2 unspecified atom stereocenters. The summed E-state index contributed by atoms with van der Waals surface area (Å²) in [6.07, 6.45) is -0.397. The molecule has 25 heavy (non-hydrogen) atoms. The molecule has 1 aromatic carbocycles. The molecule has 0 radical (unpaired) electrons. The molecular weight excluding hydrogens is 322 g/mol. The molecular formula is C19H25NO5. The van der Waals surface area contributed by atoms with Gasteiger partial charge in [-0.1, -0.05) is 6.07 Å². The van der Waals surface area contributed by atoms with Gasteiger partial charge in [0, 0.05) is 24.6 Å². The number of aliphatic hydroxyl groups is 1. The van der Waals surface area contributed by atoms with Crippen molar-refractivity contribution in [2.75, 3.05) is 13.1 Å². The SMILES string of the molecule is Cc1c(C2CN(C(=O)OC(C)(C)C)CCC2O)ccc2c1COC2=O. The largest absolute Gasteiger partial charge is 0.457 e. The van der Waals surface area contributed by atoms with E-state index in [9.17, 15) is 14.7 Å². The Hall–Kier alpha value is -2.08. The third-order valence-corrected chi connectivity index (χ3v) is 4.84. The highest BCUT2D eigenvalue weighted by molar-refractivity contribution is 5.94. The Morgan fingerprint density at radius 3 is 2.76 bits per heavy atom. The Labute approximate surface area is 147 Å². The summed E-state index contributed by atoms with van der Waals surface area (Å²) >= 11 is 0. The summed E-state index contributed by atoms with van der Waals surface area (Å²) in [4.78, 5) is 25.7. The Bertz CT molecular complexity index is 707. The zero-order chi connectivity index (χ0) is 18.4. The first kappa shape index (κ1) is 17.7. The number of hydrogen-bond donors (Lipinski definition) is 1. The van der Waals surface area contributed by atoms with Crippen molar-refractivity contribution in [2.24, 2.45) is 0 Å². The van der Waals surface area contributed by atoms with Gasteiger partial charge in [-0.15, -0.1) is 0 Å². The molecule has 2 atom stereocenters. The van der Waals surface area contributed by atoms with Gasteiger partial charge in [-0.25, -0.2) is 9.59 Å². The van der Waals surface area contributed by atoms with Crippen LogP contribution < -0.4 is 0 Å². The lowest BCUT2D eigenvalue weighted by molar-refractivity contribution is 0.00396. The average Bonchev–Trinajstić information content (AvgIpc) is 2.89. The summed E-state index contributed by atoms with van der Waals surface area (Å²) in [6.45, 7) is 8.58. The van der Waals surface area contributed by atoms with E-state index in [1.165, 1.54) is 0 Å². The van der Waals surface area contributed by atoms with E-state index in [4.69, 9.17) is 9.47 Å². The van der Waals surface area contributed by atoms with E-state index < -0.39 is 11.7 Å². The fourth-order valence-electron chi connectivity index (χ4n) is 3.51. The van der Waals surface area contributed by atoms with E-state index in [-0.39, 0.29) is 24.6 Å². The van der Waals surface area contributed by atoms with E-state index in [2.05, 4.69) is 0 Å². The van der Waals surface area contributed by atoms with Crippen molar-refractivity contribution in [3.8, 4) is 0 Å². The van der Waals surface area contributed by atoms with Gasteiger partial charge in [-0.2, -0.15) is 0 Å². The molecule has 0 saturated carbocycles. The number of esters is 1. The molecule has 2 aliphatic rings. The van der Waals surface area contributed by atoms with Crippen molar-refractivity contribution in [2.45, 2.75) is 58.3 Å². The third kappa shape index (κ3) is 3.49.